The van der Waals surface area contributed by atoms with E-state index in [9.17, 15) is 19.2 Å². The molecular formula is C39H66ClN5O6. The highest BCUT2D eigenvalue weighted by molar-refractivity contribution is 6.30. The normalized spacial score (nSPS) is 17.6. The molecule has 0 aromatic carbocycles. The number of aromatic nitrogens is 1. The molecule has 290 valence electrons. The molecular weight excluding hydrogens is 670 g/mol. The lowest BCUT2D eigenvalue weighted by atomic mass is 9.96. The van der Waals surface area contributed by atoms with Gasteiger partial charge in [-0.2, -0.15) is 0 Å². The number of halogens is 1. The van der Waals surface area contributed by atoms with Gasteiger partial charge in [0.25, 0.3) is 0 Å². The quantitative estimate of drug-likeness (QED) is 0.104. The van der Waals surface area contributed by atoms with Gasteiger partial charge in [-0.05, 0) is 70.3 Å². The maximum absolute atomic E-state index is 14.1. The molecule has 2 heterocycles. The van der Waals surface area contributed by atoms with Crippen molar-refractivity contribution < 1.29 is 28.7 Å². The van der Waals surface area contributed by atoms with Gasteiger partial charge in [-0.3, -0.25) is 19.2 Å². The van der Waals surface area contributed by atoms with Crippen molar-refractivity contribution in [3.05, 3.63) is 35.0 Å². The molecule has 1 saturated heterocycles. The highest BCUT2D eigenvalue weighted by atomic mass is 35.5. The lowest BCUT2D eigenvalue weighted by Gasteiger charge is -2.34. The number of hydrogen-bond donors (Lipinski definition) is 1. The third kappa shape index (κ3) is 15.5. The highest BCUT2D eigenvalue weighted by Crippen LogP contribution is 2.33. The van der Waals surface area contributed by atoms with Gasteiger partial charge in [-0.1, -0.05) is 65.3 Å². The molecule has 1 aromatic heterocycles. The van der Waals surface area contributed by atoms with Crippen molar-refractivity contribution in [1.29, 1.82) is 0 Å². The summed E-state index contributed by atoms with van der Waals surface area (Å²) in [5.74, 6) is 0.629. The molecule has 51 heavy (non-hydrogen) atoms. The summed E-state index contributed by atoms with van der Waals surface area (Å²) in [4.78, 5) is 59.7. The number of pyridine rings is 1. The van der Waals surface area contributed by atoms with Crippen molar-refractivity contribution in [1.82, 2.24) is 25.0 Å². The number of likely N-dealkylation sites (tertiary alicyclic amines) is 1. The zero-order valence-corrected chi connectivity index (χ0v) is 33.5. The van der Waals surface area contributed by atoms with Crippen molar-refractivity contribution in [3.8, 4) is 5.88 Å². The lowest BCUT2D eigenvalue weighted by molar-refractivity contribution is -0.145. The van der Waals surface area contributed by atoms with E-state index in [0.717, 1.165) is 38.5 Å². The van der Waals surface area contributed by atoms with Gasteiger partial charge in [0.15, 0.2) is 0 Å². The lowest BCUT2D eigenvalue weighted by Crippen LogP contribution is -2.53. The molecule has 3 aliphatic rings. The van der Waals surface area contributed by atoms with Crippen LogP contribution in [0.2, 0.25) is 5.02 Å². The monoisotopic (exact) mass is 735 g/mol. The third-order valence-electron chi connectivity index (χ3n) is 9.16. The Hall–Kier alpha value is -3.18. The molecule has 4 rings (SSSR count). The Balaban J connectivity index is 0.00000206. The summed E-state index contributed by atoms with van der Waals surface area (Å²) in [7, 11) is 3.44. The van der Waals surface area contributed by atoms with E-state index in [-0.39, 0.29) is 48.9 Å². The fraction of sp³-hybridized carbons (Fsp3) is 0.718. The number of hydrogen-bond acceptors (Lipinski definition) is 7. The zero-order valence-electron chi connectivity index (χ0n) is 32.8. The molecule has 2 unspecified atom stereocenters. The molecule has 12 heteroatoms. The van der Waals surface area contributed by atoms with E-state index in [2.05, 4.69) is 10.3 Å². The third-order valence-corrected chi connectivity index (χ3v) is 9.37. The summed E-state index contributed by atoms with van der Waals surface area (Å²) in [5.41, 5.74) is 0.655. The van der Waals surface area contributed by atoms with E-state index in [0.29, 0.717) is 55.0 Å². The van der Waals surface area contributed by atoms with Crippen LogP contribution in [0.3, 0.4) is 0 Å². The molecule has 0 spiro atoms. The number of carbonyl (C=O) groups is 4. The Bertz CT molecular complexity index is 1210. The Labute approximate surface area is 312 Å². The van der Waals surface area contributed by atoms with Gasteiger partial charge < -0.3 is 29.5 Å². The molecule has 2 aliphatic carbocycles. The maximum atomic E-state index is 14.1. The molecule has 1 N–H and O–H groups in total. The van der Waals surface area contributed by atoms with Gasteiger partial charge in [0.2, 0.25) is 30.0 Å². The summed E-state index contributed by atoms with van der Waals surface area (Å²) in [6.45, 7) is 15.2. The summed E-state index contributed by atoms with van der Waals surface area (Å²) in [5, 5.41) is 2.82. The fourth-order valence-electron chi connectivity index (χ4n) is 5.63. The minimum Gasteiger partial charge on any atom is -0.474 e. The molecule has 3 fully saturated rings. The van der Waals surface area contributed by atoms with Crippen molar-refractivity contribution in [3.63, 3.8) is 0 Å². The van der Waals surface area contributed by atoms with E-state index in [1.165, 1.54) is 23.9 Å². The molecule has 11 nitrogen and oxygen atoms in total. The van der Waals surface area contributed by atoms with Crippen LogP contribution >= 0.6 is 11.6 Å². The van der Waals surface area contributed by atoms with Crippen LogP contribution in [0.1, 0.15) is 112 Å². The average Bonchev–Trinajstić information content (AvgIpc) is 3.83. The fourth-order valence-corrected chi connectivity index (χ4v) is 5.81. The average molecular weight is 736 g/mol. The number of amides is 4. The number of nitrogens with one attached hydrogen (secondary N) is 1. The topological polar surface area (TPSA) is 121 Å². The highest BCUT2D eigenvalue weighted by Gasteiger charge is 2.37. The standard InChI is InChI=1S/C33H48ClN5O6.3C2H6/c1-23(37(2)30(41)16-24-12-13-24)8-4-5-15-44-21-27-9-7-14-39(27)33(43)29(38(3)31(42)20-35-22-40)18-25-17-26(34)19-36-32(25)45-28-10-6-11-28;3*1-2/h4-5,17,19,22-24,27-29H,6-16,18,20-21H2,1-3H3,(H,35,40);3*1-2H3/b5-4+;;;/t23?,27?,29-;;;/m0.../s1. The van der Waals surface area contributed by atoms with Crippen LogP contribution in [0.5, 0.6) is 5.88 Å². The summed E-state index contributed by atoms with van der Waals surface area (Å²) < 4.78 is 12.1. The second-order valence-corrected chi connectivity index (χ2v) is 13.0. The van der Waals surface area contributed by atoms with Gasteiger partial charge in [0.1, 0.15) is 12.1 Å². The first-order chi connectivity index (χ1) is 24.7. The first-order valence-electron chi connectivity index (χ1n) is 19.2. The molecule has 1 aliphatic heterocycles. The molecule has 0 bridgehead atoms. The van der Waals surface area contributed by atoms with Gasteiger partial charge >= 0.3 is 0 Å². The van der Waals surface area contributed by atoms with Crippen LogP contribution in [0.15, 0.2) is 24.4 Å². The van der Waals surface area contributed by atoms with E-state index in [1.807, 2.05) is 72.6 Å². The Kier molecular flexibility index (Phi) is 23.1. The Morgan fingerprint density at radius 3 is 2.29 bits per heavy atom. The van der Waals surface area contributed by atoms with Gasteiger partial charge in [0, 0.05) is 51.3 Å². The minimum absolute atomic E-state index is 0.0795. The SMILES string of the molecule is CC.CC.CC.CC(C/C=C/COCC1CCCN1C(=O)[C@H](Cc1cc(Cl)cnc1OC1CCC1)N(C)C(=O)CNC=O)N(C)C(=O)CC1CC1. The van der Waals surface area contributed by atoms with Crippen LogP contribution in [0.4, 0.5) is 0 Å². The van der Waals surface area contributed by atoms with E-state index in [1.54, 1.807) is 18.0 Å². The van der Waals surface area contributed by atoms with Crippen molar-refractivity contribution in [2.75, 3.05) is 40.4 Å². The van der Waals surface area contributed by atoms with Gasteiger partial charge in [-0.15, -0.1) is 0 Å². The number of rotatable bonds is 18. The van der Waals surface area contributed by atoms with E-state index < -0.39 is 6.04 Å². The second kappa shape index (κ2) is 25.7. The number of likely N-dealkylation sites (N-methyl/N-ethyl adjacent to an activating group) is 1. The Morgan fingerprint density at radius 2 is 1.69 bits per heavy atom. The van der Waals surface area contributed by atoms with Crippen LogP contribution < -0.4 is 10.1 Å². The van der Waals surface area contributed by atoms with Crippen molar-refractivity contribution in [2.45, 2.75) is 137 Å². The van der Waals surface area contributed by atoms with Crippen LogP contribution in [0.25, 0.3) is 0 Å². The second-order valence-electron chi connectivity index (χ2n) is 12.6. The van der Waals surface area contributed by atoms with Crippen molar-refractivity contribution in [2.24, 2.45) is 5.92 Å². The molecule has 1 aromatic rings. The largest absolute Gasteiger partial charge is 0.474 e. The molecule has 2 saturated carbocycles. The van der Waals surface area contributed by atoms with Crippen LogP contribution in [0, 0.1) is 5.92 Å². The first-order valence-corrected chi connectivity index (χ1v) is 19.6. The number of nitrogens with zero attached hydrogens (tertiary/aromatic N) is 4. The predicted molar refractivity (Wildman–Crippen MR) is 205 cm³/mol. The molecule has 3 atom stereocenters. The van der Waals surface area contributed by atoms with Crippen molar-refractivity contribution >= 4 is 35.7 Å². The minimum atomic E-state index is -0.850. The smallest absolute Gasteiger partial charge is 0.246 e. The van der Waals surface area contributed by atoms with Crippen LogP contribution in [-0.2, 0) is 30.3 Å². The number of carbonyl (C=O) groups excluding carboxylic acids is 4. The van der Waals surface area contributed by atoms with Crippen LogP contribution in [-0.4, -0.2) is 108 Å². The Morgan fingerprint density at radius 1 is 1.00 bits per heavy atom. The summed E-state index contributed by atoms with van der Waals surface area (Å²) in [6.07, 6.45) is 14.6. The maximum Gasteiger partial charge on any atom is 0.246 e. The zero-order chi connectivity index (χ0) is 38.3. The summed E-state index contributed by atoms with van der Waals surface area (Å²) >= 11 is 6.30. The number of ether oxygens (including phenoxy) is 2. The summed E-state index contributed by atoms with van der Waals surface area (Å²) in [6, 6.07) is 0.876. The first kappa shape index (κ1) is 45.8. The molecule has 4 amide bonds. The van der Waals surface area contributed by atoms with Gasteiger partial charge in [0.05, 0.1) is 30.8 Å². The van der Waals surface area contributed by atoms with E-state index in [4.69, 9.17) is 21.1 Å². The predicted octanol–water partition coefficient (Wildman–Crippen LogP) is 6.46. The van der Waals surface area contributed by atoms with Gasteiger partial charge in [-0.25, -0.2) is 4.98 Å². The van der Waals surface area contributed by atoms with E-state index >= 15 is 0 Å². The molecule has 0 radical (unpaired) electrons.